The quantitative estimate of drug-likeness (QED) is 0.798. The highest BCUT2D eigenvalue weighted by atomic mass is 16.6. The normalized spacial score (nSPS) is 16.6. The van der Waals surface area contributed by atoms with Crippen LogP contribution in [-0.4, -0.2) is 43.6 Å². The molecule has 0 radical (unpaired) electrons. The molecule has 0 bridgehead atoms. The van der Waals surface area contributed by atoms with Gasteiger partial charge in [0.25, 0.3) is 5.91 Å². The molecule has 1 amide bonds. The molecule has 2 unspecified atom stereocenters. The number of benzene rings is 2. The Hall–Kier alpha value is -3.02. The van der Waals surface area contributed by atoms with E-state index < -0.39 is 18.2 Å². The van der Waals surface area contributed by atoms with Gasteiger partial charge in [-0.2, -0.15) is 0 Å². The molecule has 2 atom stereocenters. The fourth-order valence-electron chi connectivity index (χ4n) is 2.45. The van der Waals surface area contributed by atoms with Gasteiger partial charge in [-0.3, -0.25) is 4.79 Å². The Morgan fingerprint density at radius 3 is 2.36 bits per heavy atom. The molecule has 130 valence electrons. The SMILES string of the molecule is CN(C)C(=O)C(OC(=O)C1COc2ccccc2O1)c1ccccc1. The van der Waals surface area contributed by atoms with E-state index in [1.165, 1.54) is 4.90 Å². The lowest BCUT2D eigenvalue weighted by Crippen LogP contribution is -2.40. The van der Waals surface area contributed by atoms with Crippen molar-refractivity contribution in [2.24, 2.45) is 0 Å². The minimum Gasteiger partial charge on any atom is -0.485 e. The van der Waals surface area contributed by atoms with Crippen molar-refractivity contribution in [2.75, 3.05) is 20.7 Å². The number of para-hydroxylation sites is 2. The van der Waals surface area contributed by atoms with Crippen LogP contribution < -0.4 is 9.47 Å². The van der Waals surface area contributed by atoms with Gasteiger partial charge in [0.1, 0.15) is 6.61 Å². The van der Waals surface area contributed by atoms with Gasteiger partial charge in [0.2, 0.25) is 12.2 Å². The Morgan fingerprint density at radius 2 is 1.68 bits per heavy atom. The number of carbonyl (C=O) groups excluding carboxylic acids is 2. The summed E-state index contributed by atoms with van der Waals surface area (Å²) >= 11 is 0. The Labute approximate surface area is 145 Å². The molecule has 0 N–H and O–H groups in total. The van der Waals surface area contributed by atoms with Gasteiger partial charge in [0, 0.05) is 19.7 Å². The lowest BCUT2D eigenvalue weighted by molar-refractivity contribution is -0.167. The maximum atomic E-state index is 12.5. The van der Waals surface area contributed by atoms with Crippen molar-refractivity contribution >= 4 is 11.9 Å². The Morgan fingerprint density at radius 1 is 1.04 bits per heavy atom. The molecule has 1 heterocycles. The molecule has 6 nitrogen and oxygen atoms in total. The molecule has 2 aromatic rings. The lowest BCUT2D eigenvalue weighted by atomic mass is 10.1. The predicted molar refractivity (Wildman–Crippen MR) is 90.3 cm³/mol. The van der Waals surface area contributed by atoms with Crippen LogP contribution in [0.4, 0.5) is 0 Å². The van der Waals surface area contributed by atoms with E-state index in [-0.39, 0.29) is 12.5 Å². The summed E-state index contributed by atoms with van der Waals surface area (Å²) in [6.45, 7) is 0.0352. The van der Waals surface area contributed by atoms with Gasteiger partial charge in [0.05, 0.1) is 0 Å². The third-order valence-corrected chi connectivity index (χ3v) is 3.77. The monoisotopic (exact) mass is 341 g/mol. The van der Waals surface area contributed by atoms with Crippen LogP contribution in [0.25, 0.3) is 0 Å². The second-order valence-electron chi connectivity index (χ2n) is 5.82. The van der Waals surface area contributed by atoms with E-state index >= 15 is 0 Å². The van der Waals surface area contributed by atoms with E-state index in [4.69, 9.17) is 14.2 Å². The Bertz CT molecular complexity index is 759. The first-order chi connectivity index (χ1) is 12.1. The van der Waals surface area contributed by atoms with E-state index in [1.54, 1.807) is 56.6 Å². The molecule has 2 aromatic carbocycles. The molecule has 25 heavy (non-hydrogen) atoms. The third kappa shape index (κ3) is 3.74. The first-order valence-electron chi connectivity index (χ1n) is 7.91. The molecule has 3 rings (SSSR count). The van der Waals surface area contributed by atoms with Gasteiger partial charge in [-0.05, 0) is 12.1 Å². The van der Waals surface area contributed by atoms with Crippen LogP contribution in [0, 0.1) is 0 Å². The number of amides is 1. The average molecular weight is 341 g/mol. The van der Waals surface area contributed by atoms with Crippen LogP contribution in [0.1, 0.15) is 11.7 Å². The average Bonchev–Trinajstić information content (AvgIpc) is 2.65. The molecule has 0 saturated heterocycles. The molecule has 0 aromatic heterocycles. The minimum atomic E-state index is -1.02. The lowest BCUT2D eigenvalue weighted by Gasteiger charge is -2.27. The van der Waals surface area contributed by atoms with E-state index in [9.17, 15) is 9.59 Å². The molecule has 0 fully saturated rings. The summed E-state index contributed by atoms with van der Waals surface area (Å²) in [6, 6.07) is 16.0. The number of likely N-dealkylation sites (N-methyl/N-ethyl adjacent to an activating group) is 1. The number of nitrogens with zero attached hydrogens (tertiary/aromatic N) is 1. The molecule has 0 spiro atoms. The molecule has 1 aliphatic rings. The number of rotatable bonds is 4. The molecule has 1 aliphatic heterocycles. The summed E-state index contributed by atoms with van der Waals surface area (Å²) in [7, 11) is 3.23. The summed E-state index contributed by atoms with van der Waals surface area (Å²) in [5.74, 6) is 0.0941. The maximum absolute atomic E-state index is 12.5. The van der Waals surface area contributed by atoms with Crippen LogP contribution >= 0.6 is 0 Å². The van der Waals surface area contributed by atoms with Crippen molar-refractivity contribution < 1.29 is 23.8 Å². The van der Waals surface area contributed by atoms with Gasteiger partial charge in [-0.25, -0.2) is 4.79 Å². The zero-order valence-electron chi connectivity index (χ0n) is 14.0. The first-order valence-corrected chi connectivity index (χ1v) is 7.91. The van der Waals surface area contributed by atoms with E-state index in [0.29, 0.717) is 17.1 Å². The van der Waals surface area contributed by atoms with Gasteiger partial charge < -0.3 is 19.1 Å². The van der Waals surface area contributed by atoms with Crippen molar-refractivity contribution in [1.29, 1.82) is 0 Å². The number of ether oxygens (including phenoxy) is 3. The second kappa shape index (κ2) is 7.25. The van der Waals surface area contributed by atoms with E-state index in [2.05, 4.69) is 0 Å². The van der Waals surface area contributed by atoms with E-state index in [1.807, 2.05) is 12.1 Å². The standard InChI is InChI=1S/C19H19NO5/c1-20(2)18(21)17(13-8-4-3-5-9-13)25-19(22)16-12-23-14-10-6-7-11-15(14)24-16/h3-11,16-17H,12H2,1-2H3. The fourth-order valence-corrected chi connectivity index (χ4v) is 2.45. The minimum absolute atomic E-state index is 0.0352. The highest BCUT2D eigenvalue weighted by molar-refractivity contribution is 5.86. The number of esters is 1. The summed E-state index contributed by atoms with van der Waals surface area (Å²) < 4.78 is 16.7. The predicted octanol–water partition coefficient (Wildman–Crippen LogP) is 2.20. The largest absolute Gasteiger partial charge is 0.485 e. The summed E-state index contributed by atoms with van der Waals surface area (Å²) in [5.41, 5.74) is 0.603. The highest BCUT2D eigenvalue weighted by Crippen LogP contribution is 2.31. The van der Waals surface area contributed by atoms with Gasteiger partial charge in [0.15, 0.2) is 11.5 Å². The third-order valence-electron chi connectivity index (χ3n) is 3.77. The van der Waals surface area contributed by atoms with Gasteiger partial charge >= 0.3 is 5.97 Å². The van der Waals surface area contributed by atoms with Crippen LogP contribution in [0.5, 0.6) is 11.5 Å². The molecular weight excluding hydrogens is 322 g/mol. The van der Waals surface area contributed by atoms with Crippen LogP contribution in [-0.2, 0) is 14.3 Å². The summed E-state index contributed by atoms with van der Waals surface area (Å²) in [5, 5.41) is 0. The number of hydrogen-bond acceptors (Lipinski definition) is 5. The Balaban J connectivity index is 1.76. The molecule has 0 aliphatic carbocycles. The number of fused-ring (bicyclic) bond motifs is 1. The number of carbonyl (C=O) groups is 2. The second-order valence-corrected chi connectivity index (χ2v) is 5.82. The first kappa shape index (κ1) is 16.8. The van der Waals surface area contributed by atoms with Crippen molar-refractivity contribution in [3.63, 3.8) is 0 Å². The molecule has 6 heteroatoms. The molecule has 0 saturated carbocycles. The van der Waals surface area contributed by atoms with E-state index in [0.717, 1.165) is 0 Å². The van der Waals surface area contributed by atoms with Crippen molar-refractivity contribution in [3.05, 3.63) is 60.2 Å². The van der Waals surface area contributed by atoms with Crippen molar-refractivity contribution in [1.82, 2.24) is 4.90 Å². The topological polar surface area (TPSA) is 65.1 Å². The van der Waals surface area contributed by atoms with Gasteiger partial charge in [-0.15, -0.1) is 0 Å². The van der Waals surface area contributed by atoms with Crippen LogP contribution in [0.2, 0.25) is 0 Å². The maximum Gasteiger partial charge on any atom is 0.352 e. The highest BCUT2D eigenvalue weighted by Gasteiger charge is 2.33. The van der Waals surface area contributed by atoms with Gasteiger partial charge in [-0.1, -0.05) is 42.5 Å². The fraction of sp³-hybridized carbons (Fsp3) is 0.263. The van der Waals surface area contributed by atoms with Crippen LogP contribution in [0.15, 0.2) is 54.6 Å². The summed E-state index contributed by atoms with van der Waals surface area (Å²) in [6.07, 6.45) is -1.94. The van der Waals surface area contributed by atoms with Crippen molar-refractivity contribution in [3.8, 4) is 11.5 Å². The Kier molecular flexibility index (Phi) is 4.88. The van der Waals surface area contributed by atoms with Crippen molar-refractivity contribution in [2.45, 2.75) is 12.2 Å². The van der Waals surface area contributed by atoms with Crippen LogP contribution in [0.3, 0.4) is 0 Å². The zero-order chi connectivity index (χ0) is 17.8. The zero-order valence-corrected chi connectivity index (χ0v) is 14.0. The summed E-state index contributed by atoms with van der Waals surface area (Å²) in [4.78, 5) is 26.3. The smallest absolute Gasteiger partial charge is 0.352 e. The number of hydrogen-bond donors (Lipinski definition) is 0. The molecular formula is C19H19NO5.